The zero-order valence-corrected chi connectivity index (χ0v) is 11.2. The second-order valence-corrected chi connectivity index (χ2v) is 4.72. The molecule has 0 saturated carbocycles. The number of hydrogen-bond acceptors (Lipinski definition) is 0. The van der Waals surface area contributed by atoms with Gasteiger partial charge in [-0.15, -0.1) is 0 Å². The van der Waals surface area contributed by atoms with Crippen LogP contribution in [-0.2, 0) is 19.4 Å². The maximum atomic E-state index is 2.40. The van der Waals surface area contributed by atoms with Gasteiger partial charge < -0.3 is 0 Å². The molecule has 1 heteroatoms. The lowest BCUT2D eigenvalue weighted by molar-refractivity contribution is -0.704. The summed E-state index contributed by atoms with van der Waals surface area (Å²) in [5.74, 6) is 0. The van der Waals surface area contributed by atoms with Crippen molar-refractivity contribution in [2.45, 2.75) is 39.2 Å². The molecule has 0 radical (unpaired) electrons. The van der Waals surface area contributed by atoms with Crippen LogP contribution in [0.4, 0.5) is 0 Å². The molecule has 0 spiro atoms. The number of rotatable bonds is 6. The van der Waals surface area contributed by atoms with Gasteiger partial charge in [0.2, 0.25) is 0 Å². The SMILES string of the molecule is CCCC[n+]1ccccc1CCc1ccccc1. The molecular weight excluding hydrogens is 218 g/mol. The molecule has 0 amide bonds. The molecule has 0 bridgehead atoms. The van der Waals surface area contributed by atoms with Crippen LogP contribution in [0.2, 0.25) is 0 Å². The van der Waals surface area contributed by atoms with Crippen molar-refractivity contribution in [2.24, 2.45) is 0 Å². The van der Waals surface area contributed by atoms with E-state index in [1.165, 1.54) is 24.1 Å². The number of aryl methyl sites for hydroxylation is 3. The van der Waals surface area contributed by atoms with E-state index in [4.69, 9.17) is 0 Å². The van der Waals surface area contributed by atoms with Gasteiger partial charge in [-0.2, -0.15) is 0 Å². The van der Waals surface area contributed by atoms with Crippen molar-refractivity contribution in [3.8, 4) is 0 Å². The predicted octanol–water partition coefficient (Wildman–Crippen LogP) is 3.56. The molecule has 0 fully saturated rings. The van der Waals surface area contributed by atoms with Crippen molar-refractivity contribution in [3.05, 3.63) is 66.0 Å². The van der Waals surface area contributed by atoms with Crippen LogP contribution in [-0.4, -0.2) is 0 Å². The first-order valence-corrected chi connectivity index (χ1v) is 6.91. The molecule has 94 valence electrons. The molecule has 0 unspecified atom stereocenters. The van der Waals surface area contributed by atoms with Gasteiger partial charge >= 0.3 is 0 Å². The summed E-state index contributed by atoms with van der Waals surface area (Å²) >= 11 is 0. The smallest absolute Gasteiger partial charge is 0.181 e. The van der Waals surface area contributed by atoms with Crippen molar-refractivity contribution in [3.63, 3.8) is 0 Å². The Balaban J connectivity index is 2.00. The highest BCUT2D eigenvalue weighted by Gasteiger charge is 2.08. The van der Waals surface area contributed by atoms with Gasteiger partial charge in [-0.25, -0.2) is 4.57 Å². The minimum atomic E-state index is 1.12. The van der Waals surface area contributed by atoms with E-state index in [9.17, 15) is 0 Å². The molecule has 2 aromatic rings. The Morgan fingerprint density at radius 1 is 0.889 bits per heavy atom. The van der Waals surface area contributed by atoms with Gasteiger partial charge in [-0.1, -0.05) is 49.7 Å². The minimum Gasteiger partial charge on any atom is -0.202 e. The molecule has 0 saturated heterocycles. The lowest BCUT2D eigenvalue weighted by Crippen LogP contribution is -2.38. The summed E-state index contributed by atoms with van der Waals surface area (Å²) in [7, 11) is 0. The van der Waals surface area contributed by atoms with E-state index in [0.29, 0.717) is 0 Å². The molecule has 0 aliphatic heterocycles. The van der Waals surface area contributed by atoms with Crippen LogP contribution >= 0.6 is 0 Å². The molecular formula is C17H22N+. The average Bonchev–Trinajstić information content (AvgIpc) is 2.45. The average molecular weight is 240 g/mol. The van der Waals surface area contributed by atoms with Crippen LogP contribution in [0.5, 0.6) is 0 Å². The summed E-state index contributed by atoms with van der Waals surface area (Å²) in [5, 5.41) is 0. The van der Waals surface area contributed by atoms with Gasteiger partial charge in [0.25, 0.3) is 0 Å². The van der Waals surface area contributed by atoms with Crippen LogP contribution < -0.4 is 4.57 Å². The first-order chi connectivity index (χ1) is 8.90. The third kappa shape index (κ3) is 3.69. The largest absolute Gasteiger partial charge is 0.202 e. The van der Waals surface area contributed by atoms with Crippen LogP contribution in [0.15, 0.2) is 54.7 Å². The van der Waals surface area contributed by atoms with Crippen LogP contribution in [0.25, 0.3) is 0 Å². The zero-order valence-electron chi connectivity index (χ0n) is 11.2. The number of nitrogens with zero attached hydrogens (tertiary/aromatic N) is 1. The predicted molar refractivity (Wildman–Crippen MR) is 75.4 cm³/mol. The highest BCUT2D eigenvalue weighted by atomic mass is 14.9. The van der Waals surface area contributed by atoms with Gasteiger partial charge in [-0.3, -0.25) is 0 Å². The molecule has 0 N–H and O–H groups in total. The first-order valence-electron chi connectivity index (χ1n) is 6.91. The summed E-state index contributed by atoms with van der Waals surface area (Å²) in [5.41, 5.74) is 2.86. The fourth-order valence-corrected chi connectivity index (χ4v) is 2.20. The molecule has 0 aliphatic carbocycles. The van der Waals surface area contributed by atoms with Crippen molar-refractivity contribution >= 4 is 0 Å². The molecule has 1 heterocycles. The summed E-state index contributed by atoms with van der Waals surface area (Å²) < 4.78 is 2.40. The van der Waals surface area contributed by atoms with Crippen molar-refractivity contribution in [2.75, 3.05) is 0 Å². The Kier molecular flexibility index (Phi) is 4.95. The topological polar surface area (TPSA) is 3.88 Å². The van der Waals surface area contributed by atoms with E-state index < -0.39 is 0 Å². The third-order valence-corrected chi connectivity index (χ3v) is 3.30. The third-order valence-electron chi connectivity index (χ3n) is 3.30. The fraction of sp³-hybridized carbons (Fsp3) is 0.353. The second kappa shape index (κ2) is 6.95. The molecule has 0 atom stereocenters. The highest BCUT2D eigenvalue weighted by Crippen LogP contribution is 2.04. The van der Waals surface area contributed by atoms with E-state index in [0.717, 1.165) is 19.4 Å². The van der Waals surface area contributed by atoms with Crippen molar-refractivity contribution in [1.82, 2.24) is 0 Å². The Morgan fingerprint density at radius 2 is 1.67 bits per heavy atom. The molecule has 1 aromatic heterocycles. The molecule has 1 nitrogen and oxygen atoms in total. The van der Waals surface area contributed by atoms with Gasteiger partial charge in [0.1, 0.15) is 6.54 Å². The Hall–Kier alpha value is -1.63. The summed E-state index contributed by atoms with van der Waals surface area (Å²) in [6, 6.07) is 17.2. The van der Waals surface area contributed by atoms with Crippen molar-refractivity contribution < 1.29 is 4.57 Å². The van der Waals surface area contributed by atoms with Crippen LogP contribution in [0.1, 0.15) is 31.0 Å². The Labute approximate surface area is 110 Å². The van der Waals surface area contributed by atoms with Gasteiger partial charge in [0, 0.05) is 25.0 Å². The zero-order chi connectivity index (χ0) is 12.6. The second-order valence-electron chi connectivity index (χ2n) is 4.72. The van der Waals surface area contributed by atoms with E-state index in [2.05, 4.69) is 66.2 Å². The first kappa shape index (κ1) is 12.8. The Morgan fingerprint density at radius 3 is 2.44 bits per heavy atom. The van der Waals surface area contributed by atoms with Crippen LogP contribution in [0, 0.1) is 0 Å². The van der Waals surface area contributed by atoms with E-state index >= 15 is 0 Å². The quantitative estimate of drug-likeness (QED) is 0.680. The molecule has 2 rings (SSSR count). The standard InChI is InChI=1S/C17H22N/c1-2-3-14-18-15-8-7-11-17(18)13-12-16-9-5-4-6-10-16/h4-11,15H,2-3,12-14H2,1H3/q+1. The molecule has 18 heavy (non-hydrogen) atoms. The highest BCUT2D eigenvalue weighted by molar-refractivity contribution is 5.15. The normalized spacial score (nSPS) is 10.5. The summed E-state index contributed by atoms with van der Waals surface area (Å²) in [4.78, 5) is 0. The number of hydrogen-bond donors (Lipinski definition) is 0. The lowest BCUT2D eigenvalue weighted by atomic mass is 10.1. The fourth-order valence-electron chi connectivity index (χ4n) is 2.20. The van der Waals surface area contributed by atoms with E-state index in [1.807, 2.05) is 0 Å². The van der Waals surface area contributed by atoms with E-state index in [1.54, 1.807) is 0 Å². The summed E-state index contributed by atoms with van der Waals surface area (Å²) in [6.45, 7) is 3.38. The molecule has 0 aliphatic rings. The number of benzene rings is 1. The van der Waals surface area contributed by atoms with E-state index in [-0.39, 0.29) is 0 Å². The monoisotopic (exact) mass is 240 g/mol. The lowest BCUT2D eigenvalue weighted by Gasteiger charge is -2.03. The van der Waals surface area contributed by atoms with Gasteiger partial charge in [0.15, 0.2) is 11.9 Å². The maximum Gasteiger partial charge on any atom is 0.181 e. The van der Waals surface area contributed by atoms with Crippen molar-refractivity contribution in [1.29, 1.82) is 0 Å². The maximum absolute atomic E-state index is 2.40. The minimum absolute atomic E-state index is 1.12. The molecule has 1 aromatic carbocycles. The van der Waals surface area contributed by atoms with Gasteiger partial charge in [-0.05, 0) is 12.0 Å². The Bertz CT molecular complexity index is 462. The van der Waals surface area contributed by atoms with Gasteiger partial charge in [0.05, 0.1) is 0 Å². The number of pyridine rings is 1. The van der Waals surface area contributed by atoms with Crippen LogP contribution in [0.3, 0.4) is 0 Å². The number of aromatic nitrogens is 1. The summed E-state index contributed by atoms with van der Waals surface area (Å²) in [6.07, 6.45) is 6.95. The number of unbranched alkanes of at least 4 members (excludes halogenated alkanes) is 1.